The summed E-state index contributed by atoms with van der Waals surface area (Å²) in [7, 11) is 0. The second-order valence-corrected chi connectivity index (χ2v) is 7.42. The number of nitrogens with two attached hydrogens (primary N) is 1. The fraction of sp³-hybridized carbons (Fsp3) is 0. The van der Waals surface area contributed by atoms with Crippen molar-refractivity contribution in [1.82, 2.24) is 0 Å². The van der Waals surface area contributed by atoms with Crippen LogP contribution in [-0.4, -0.2) is 14.8 Å². The van der Waals surface area contributed by atoms with Gasteiger partial charge >= 0.3 is 0 Å². The van der Waals surface area contributed by atoms with Gasteiger partial charge in [0.1, 0.15) is 5.56 Å². The van der Waals surface area contributed by atoms with E-state index in [9.17, 15) is 30.3 Å². The highest BCUT2D eigenvalue weighted by Crippen LogP contribution is 2.50. The van der Waals surface area contributed by atoms with Gasteiger partial charge in [-0.1, -0.05) is 66.7 Å². The van der Waals surface area contributed by atoms with Crippen LogP contribution in [0.25, 0.3) is 33.4 Å². The Balaban J connectivity index is 2.24. The summed E-state index contributed by atoms with van der Waals surface area (Å²) >= 11 is 0. The van der Waals surface area contributed by atoms with E-state index in [1.807, 2.05) is 30.3 Å². The molecule has 3 N–H and O–H groups in total. The molecule has 0 fully saturated rings. The third-order valence-electron chi connectivity index (χ3n) is 5.44. The summed E-state index contributed by atoms with van der Waals surface area (Å²) in [5.74, 6) is 5.76. The monoisotopic (exact) mass is 471 g/mol. The van der Waals surface area contributed by atoms with Gasteiger partial charge in [0.15, 0.2) is 0 Å². The van der Waals surface area contributed by atoms with Crippen LogP contribution in [-0.2, 0) is 0 Å². The van der Waals surface area contributed by atoms with Gasteiger partial charge in [0.2, 0.25) is 0 Å². The van der Waals surface area contributed by atoms with E-state index in [0.29, 0.717) is 28.8 Å². The van der Waals surface area contributed by atoms with E-state index in [1.54, 1.807) is 42.5 Å². The first-order chi connectivity index (χ1) is 16.8. The molecular weight excluding hydrogens is 454 g/mol. The van der Waals surface area contributed by atoms with Crippen LogP contribution in [0.2, 0.25) is 0 Å². The zero-order valence-corrected chi connectivity index (χ0v) is 18.0. The molecule has 4 rings (SSSR count). The van der Waals surface area contributed by atoms with Crippen LogP contribution in [0.5, 0.6) is 0 Å². The van der Waals surface area contributed by atoms with Crippen molar-refractivity contribution in [2.75, 3.05) is 5.43 Å². The first kappa shape index (κ1) is 23.0. The van der Waals surface area contributed by atoms with E-state index in [4.69, 9.17) is 5.84 Å². The molecule has 4 aromatic carbocycles. The third kappa shape index (κ3) is 4.26. The van der Waals surface area contributed by atoms with Gasteiger partial charge in [-0.2, -0.15) is 0 Å². The summed E-state index contributed by atoms with van der Waals surface area (Å²) in [6, 6.07) is 22.7. The molecule has 0 spiro atoms. The topological polar surface area (TPSA) is 167 Å². The molecule has 0 amide bonds. The molecule has 0 bridgehead atoms. The van der Waals surface area contributed by atoms with Gasteiger partial charge in [-0.05, 0) is 28.3 Å². The number of nitrogens with zero attached hydrogens (tertiary/aromatic N) is 3. The summed E-state index contributed by atoms with van der Waals surface area (Å²) in [6.07, 6.45) is 0. The lowest BCUT2D eigenvalue weighted by Crippen LogP contribution is -2.10. The number of nitrogens with one attached hydrogen (secondary N) is 1. The fourth-order valence-electron chi connectivity index (χ4n) is 3.99. The van der Waals surface area contributed by atoms with Crippen LogP contribution < -0.4 is 11.3 Å². The number of nitrogen functional groups attached to an aromatic ring is 1. The number of nitro groups is 3. The number of non-ortho nitro benzene ring substituents is 1. The van der Waals surface area contributed by atoms with Crippen LogP contribution in [0.4, 0.5) is 22.7 Å². The Labute approximate surface area is 197 Å². The summed E-state index contributed by atoms with van der Waals surface area (Å²) in [6.45, 7) is 0. The largest absolute Gasteiger partial charge is 0.323 e. The van der Waals surface area contributed by atoms with Crippen molar-refractivity contribution in [1.29, 1.82) is 0 Å². The second kappa shape index (κ2) is 9.37. The molecule has 0 aromatic heterocycles. The molecule has 0 saturated carbocycles. The first-order valence-corrected chi connectivity index (χ1v) is 10.2. The molecule has 0 unspecified atom stereocenters. The quantitative estimate of drug-likeness (QED) is 0.197. The fourth-order valence-corrected chi connectivity index (χ4v) is 3.99. The maximum absolute atomic E-state index is 12.1. The highest BCUT2D eigenvalue weighted by atomic mass is 16.6. The molecule has 35 heavy (non-hydrogen) atoms. The van der Waals surface area contributed by atoms with Crippen molar-refractivity contribution in [3.8, 4) is 33.4 Å². The summed E-state index contributed by atoms with van der Waals surface area (Å²) in [4.78, 5) is 32.8. The molecule has 174 valence electrons. The highest BCUT2D eigenvalue weighted by molar-refractivity contribution is 6.04. The molecule has 11 nitrogen and oxygen atoms in total. The molecule has 0 heterocycles. The Morgan fingerprint density at radius 1 is 0.600 bits per heavy atom. The van der Waals surface area contributed by atoms with Crippen LogP contribution in [0, 0.1) is 30.3 Å². The summed E-state index contributed by atoms with van der Waals surface area (Å²) in [5, 5.41) is 35.5. The number of rotatable bonds is 7. The van der Waals surface area contributed by atoms with Gasteiger partial charge in [0, 0.05) is 5.56 Å². The first-order valence-electron chi connectivity index (χ1n) is 10.2. The average molecular weight is 471 g/mol. The van der Waals surface area contributed by atoms with Crippen molar-refractivity contribution in [3.63, 3.8) is 0 Å². The molecule has 0 aliphatic carbocycles. The predicted octanol–water partition coefficient (Wildman–Crippen LogP) is 5.70. The molecule has 0 aliphatic heterocycles. The number of nitro benzene ring substituents is 3. The number of hydrogen-bond donors (Lipinski definition) is 2. The van der Waals surface area contributed by atoms with Crippen molar-refractivity contribution in [2.24, 2.45) is 5.84 Å². The number of benzene rings is 4. The van der Waals surface area contributed by atoms with Gasteiger partial charge in [-0.3, -0.25) is 36.2 Å². The molecule has 0 saturated heterocycles. The minimum absolute atomic E-state index is 0.0772. The summed E-state index contributed by atoms with van der Waals surface area (Å²) in [5.41, 5.74) is 2.42. The molecule has 11 heteroatoms. The maximum Gasteiger partial charge on any atom is 0.291 e. The minimum atomic E-state index is -0.912. The van der Waals surface area contributed by atoms with Crippen LogP contribution in [0.15, 0.2) is 84.9 Å². The zero-order chi connectivity index (χ0) is 25.1. The van der Waals surface area contributed by atoms with Crippen LogP contribution >= 0.6 is 0 Å². The maximum atomic E-state index is 12.1. The van der Waals surface area contributed by atoms with Crippen molar-refractivity contribution >= 4 is 22.7 Å². The molecule has 0 aliphatic rings. The molecular formula is C24H17N5O6. The minimum Gasteiger partial charge on any atom is -0.323 e. The van der Waals surface area contributed by atoms with E-state index in [-0.39, 0.29) is 11.3 Å². The zero-order valence-electron chi connectivity index (χ0n) is 18.0. The number of hydrogen-bond acceptors (Lipinski definition) is 8. The summed E-state index contributed by atoms with van der Waals surface area (Å²) < 4.78 is 0. The van der Waals surface area contributed by atoms with Gasteiger partial charge in [0.25, 0.3) is 17.1 Å². The van der Waals surface area contributed by atoms with Crippen LogP contribution in [0.3, 0.4) is 0 Å². The lowest BCUT2D eigenvalue weighted by Gasteiger charge is -2.19. The molecule has 0 atom stereocenters. The lowest BCUT2D eigenvalue weighted by molar-refractivity contribution is -0.402. The lowest BCUT2D eigenvalue weighted by atomic mass is 9.85. The normalized spacial score (nSPS) is 10.5. The van der Waals surface area contributed by atoms with E-state index in [0.717, 1.165) is 5.56 Å². The molecule has 4 aromatic rings. The third-order valence-corrected chi connectivity index (χ3v) is 5.44. The van der Waals surface area contributed by atoms with E-state index in [1.165, 1.54) is 0 Å². The van der Waals surface area contributed by atoms with Crippen molar-refractivity contribution < 1.29 is 14.8 Å². The predicted molar refractivity (Wildman–Crippen MR) is 131 cm³/mol. The van der Waals surface area contributed by atoms with E-state index >= 15 is 0 Å². The van der Waals surface area contributed by atoms with Gasteiger partial charge < -0.3 is 5.43 Å². The Kier molecular flexibility index (Phi) is 6.16. The molecule has 0 radical (unpaired) electrons. The SMILES string of the molecule is NNc1ccc(-c2ccccc2)c(-c2ccccc2)c1-c1c([N+](=O)[O-])cc([N+](=O)[O-])cc1[N+](=O)[O-]. The Bertz CT molecular complexity index is 1420. The van der Waals surface area contributed by atoms with Gasteiger partial charge in [-0.15, -0.1) is 0 Å². The highest BCUT2D eigenvalue weighted by Gasteiger charge is 2.35. The van der Waals surface area contributed by atoms with Gasteiger partial charge in [0.05, 0.1) is 32.6 Å². The Morgan fingerprint density at radius 2 is 1.11 bits per heavy atom. The van der Waals surface area contributed by atoms with Gasteiger partial charge in [-0.25, -0.2) is 0 Å². The van der Waals surface area contributed by atoms with Crippen molar-refractivity contribution in [3.05, 3.63) is 115 Å². The number of hydrazine groups is 1. The van der Waals surface area contributed by atoms with Crippen molar-refractivity contribution in [2.45, 2.75) is 0 Å². The average Bonchev–Trinajstić information content (AvgIpc) is 2.87. The Hall–Kier alpha value is -5.16. The van der Waals surface area contributed by atoms with Crippen LogP contribution in [0.1, 0.15) is 0 Å². The second-order valence-electron chi connectivity index (χ2n) is 7.42. The standard InChI is InChI=1S/C24H17N5O6/c25-26-19-12-11-18(15-7-3-1-4-8-15)22(16-9-5-2-6-10-16)23(19)24-20(28(32)33)13-17(27(30)31)14-21(24)29(34)35/h1-14,26H,25H2. The smallest absolute Gasteiger partial charge is 0.291 e. The Morgan fingerprint density at radius 3 is 1.57 bits per heavy atom. The number of anilines is 1. The van der Waals surface area contributed by atoms with E-state index < -0.39 is 37.4 Å². The van der Waals surface area contributed by atoms with E-state index in [2.05, 4.69) is 5.43 Å².